The first-order valence-corrected chi connectivity index (χ1v) is 6.53. The number of hydrogen-bond donors (Lipinski definition) is 1. The molecule has 0 bridgehead atoms. The number of rotatable bonds is 4. The predicted molar refractivity (Wildman–Crippen MR) is 71.0 cm³/mol. The Labute approximate surface area is 110 Å². The Balaban J connectivity index is 1.91. The average Bonchev–Trinajstić information content (AvgIpc) is 2.27. The Morgan fingerprint density at radius 2 is 2.06 bits per heavy atom. The van der Waals surface area contributed by atoms with Gasteiger partial charge in [0.05, 0.1) is 12.0 Å². The van der Waals surface area contributed by atoms with E-state index >= 15 is 0 Å². The monoisotopic (exact) mass is 297 g/mol. The van der Waals surface area contributed by atoms with Gasteiger partial charge in [0, 0.05) is 17.3 Å². The van der Waals surface area contributed by atoms with Gasteiger partial charge in [0.1, 0.15) is 0 Å². The molecular formula is C13H16BrNO2. The molecule has 1 fully saturated rings. The molecule has 0 spiro atoms. The molecular weight excluding hydrogens is 282 g/mol. The number of benzene rings is 1. The molecule has 0 aromatic heterocycles. The van der Waals surface area contributed by atoms with Crippen molar-refractivity contribution >= 4 is 27.5 Å². The van der Waals surface area contributed by atoms with Crippen molar-refractivity contribution in [2.75, 3.05) is 12.4 Å². The van der Waals surface area contributed by atoms with Gasteiger partial charge in [-0.3, -0.25) is 4.79 Å². The summed E-state index contributed by atoms with van der Waals surface area (Å²) in [5.41, 5.74) is 0.614. The molecule has 4 heteroatoms. The highest BCUT2D eigenvalue weighted by molar-refractivity contribution is 9.10. The van der Waals surface area contributed by atoms with E-state index in [2.05, 4.69) is 21.2 Å². The molecule has 1 aliphatic rings. The second-order valence-electron chi connectivity index (χ2n) is 4.47. The lowest BCUT2D eigenvalue weighted by Crippen LogP contribution is -2.42. The van der Waals surface area contributed by atoms with Gasteiger partial charge in [-0.05, 0) is 43.5 Å². The number of carbonyl (C=O) groups excluding carboxylic acids is 1. The first-order valence-electron chi connectivity index (χ1n) is 5.74. The van der Waals surface area contributed by atoms with Crippen molar-refractivity contribution in [3.05, 3.63) is 28.7 Å². The number of amides is 1. The van der Waals surface area contributed by atoms with E-state index in [4.69, 9.17) is 4.74 Å². The summed E-state index contributed by atoms with van der Waals surface area (Å²) in [7, 11) is 1.69. The van der Waals surface area contributed by atoms with Gasteiger partial charge in [0.2, 0.25) is 5.91 Å². The van der Waals surface area contributed by atoms with Gasteiger partial charge in [-0.15, -0.1) is 0 Å². The van der Waals surface area contributed by atoms with Crippen LogP contribution in [0.25, 0.3) is 0 Å². The van der Waals surface area contributed by atoms with E-state index in [1.165, 1.54) is 0 Å². The zero-order valence-electron chi connectivity index (χ0n) is 9.83. The van der Waals surface area contributed by atoms with Crippen LogP contribution in [0, 0.1) is 0 Å². The summed E-state index contributed by atoms with van der Waals surface area (Å²) in [5.74, 6) is 0.0221. The van der Waals surface area contributed by atoms with Crippen LogP contribution < -0.4 is 5.32 Å². The molecule has 1 N–H and O–H groups in total. The van der Waals surface area contributed by atoms with Crippen LogP contribution in [0.15, 0.2) is 28.7 Å². The molecule has 17 heavy (non-hydrogen) atoms. The third kappa shape index (κ3) is 3.07. The van der Waals surface area contributed by atoms with Crippen molar-refractivity contribution in [3.63, 3.8) is 0 Å². The molecule has 0 heterocycles. The number of ether oxygens (including phenoxy) is 1. The molecule has 1 aromatic rings. The molecule has 0 saturated heterocycles. The third-order valence-electron chi connectivity index (χ3n) is 3.31. The molecule has 1 saturated carbocycles. The standard InChI is InChI=1S/C13H16BrNO2/c1-17-13(7-2-8-13)9-12(16)15-11-5-3-10(14)4-6-11/h3-6H,2,7-9H2,1H3,(H,15,16). The van der Waals surface area contributed by atoms with Crippen molar-refractivity contribution in [1.82, 2.24) is 0 Å². The largest absolute Gasteiger partial charge is 0.378 e. The number of halogens is 1. The summed E-state index contributed by atoms with van der Waals surface area (Å²) in [6.07, 6.45) is 3.56. The van der Waals surface area contributed by atoms with Gasteiger partial charge in [0.25, 0.3) is 0 Å². The summed E-state index contributed by atoms with van der Waals surface area (Å²) in [4.78, 5) is 11.9. The fraction of sp³-hybridized carbons (Fsp3) is 0.462. The van der Waals surface area contributed by atoms with Crippen molar-refractivity contribution < 1.29 is 9.53 Å². The molecule has 1 amide bonds. The average molecular weight is 298 g/mol. The Hall–Kier alpha value is -0.870. The Bertz CT molecular complexity index is 393. The van der Waals surface area contributed by atoms with Gasteiger partial charge in [-0.1, -0.05) is 15.9 Å². The molecule has 92 valence electrons. The topological polar surface area (TPSA) is 38.3 Å². The minimum absolute atomic E-state index is 0.0221. The number of nitrogens with one attached hydrogen (secondary N) is 1. The van der Waals surface area contributed by atoms with E-state index in [1.54, 1.807) is 7.11 Å². The predicted octanol–water partition coefficient (Wildman–Crippen LogP) is 3.35. The third-order valence-corrected chi connectivity index (χ3v) is 3.84. The highest BCUT2D eigenvalue weighted by atomic mass is 79.9. The second-order valence-corrected chi connectivity index (χ2v) is 5.39. The quantitative estimate of drug-likeness (QED) is 0.925. The van der Waals surface area contributed by atoms with E-state index in [1.807, 2.05) is 24.3 Å². The van der Waals surface area contributed by atoms with Crippen LogP contribution in [0.3, 0.4) is 0 Å². The summed E-state index contributed by atoms with van der Waals surface area (Å²) >= 11 is 3.36. The molecule has 0 radical (unpaired) electrons. The number of hydrogen-bond acceptors (Lipinski definition) is 2. The maximum absolute atomic E-state index is 11.9. The smallest absolute Gasteiger partial charge is 0.227 e. The van der Waals surface area contributed by atoms with Gasteiger partial charge in [0.15, 0.2) is 0 Å². The molecule has 3 nitrogen and oxygen atoms in total. The van der Waals surface area contributed by atoms with E-state index in [-0.39, 0.29) is 11.5 Å². The fourth-order valence-electron chi connectivity index (χ4n) is 2.06. The second kappa shape index (κ2) is 5.19. The van der Waals surface area contributed by atoms with Crippen molar-refractivity contribution in [1.29, 1.82) is 0 Å². The number of carbonyl (C=O) groups is 1. The van der Waals surface area contributed by atoms with Gasteiger partial charge in [-0.25, -0.2) is 0 Å². The summed E-state index contributed by atoms with van der Waals surface area (Å²) < 4.78 is 6.44. The zero-order valence-corrected chi connectivity index (χ0v) is 11.4. The number of anilines is 1. The number of methoxy groups -OCH3 is 1. The lowest BCUT2D eigenvalue weighted by Gasteiger charge is -2.39. The van der Waals surface area contributed by atoms with Gasteiger partial charge in [-0.2, -0.15) is 0 Å². The van der Waals surface area contributed by atoms with Crippen LogP contribution in [0.2, 0.25) is 0 Å². The molecule has 0 atom stereocenters. The van der Waals surface area contributed by atoms with Gasteiger partial charge >= 0.3 is 0 Å². The maximum Gasteiger partial charge on any atom is 0.227 e. The van der Waals surface area contributed by atoms with Crippen LogP contribution in [-0.4, -0.2) is 18.6 Å². The molecule has 1 aromatic carbocycles. The van der Waals surface area contributed by atoms with Crippen LogP contribution in [-0.2, 0) is 9.53 Å². The molecule has 0 unspecified atom stereocenters. The summed E-state index contributed by atoms with van der Waals surface area (Å²) in [6.45, 7) is 0. The minimum Gasteiger partial charge on any atom is -0.378 e. The van der Waals surface area contributed by atoms with Crippen molar-refractivity contribution in [2.24, 2.45) is 0 Å². The lowest BCUT2D eigenvalue weighted by atomic mass is 9.77. The van der Waals surface area contributed by atoms with E-state index in [0.717, 1.165) is 29.4 Å². The van der Waals surface area contributed by atoms with Crippen LogP contribution in [0.1, 0.15) is 25.7 Å². The van der Waals surface area contributed by atoms with Crippen LogP contribution in [0.4, 0.5) is 5.69 Å². The Morgan fingerprint density at radius 3 is 2.53 bits per heavy atom. The van der Waals surface area contributed by atoms with E-state index in [0.29, 0.717) is 6.42 Å². The van der Waals surface area contributed by atoms with Crippen molar-refractivity contribution in [3.8, 4) is 0 Å². The molecule has 0 aliphatic heterocycles. The van der Waals surface area contributed by atoms with Crippen LogP contribution in [0.5, 0.6) is 0 Å². The van der Waals surface area contributed by atoms with Gasteiger partial charge < -0.3 is 10.1 Å². The normalized spacial score (nSPS) is 17.3. The highest BCUT2D eigenvalue weighted by Crippen LogP contribution is 2.38. The van der Waals surface area contributed by atoms with Crippen molar-refractivity contribution in [2.45, 2.75) is 31.3 Å². The summed E-state index contributed by atoms with van der Waals surface area (Å²) in [5, 5.41) is 2.89. The minimum atomic E-state index is -0.209. The van der Waals surface area contributed by atoms with E-state index < -0.39 is 0 Å². The summed E-state index contributed by atoms with van der Waals surface area (Å²) in [6, 6.07) is 7.57. The Kier molecular flexibility index (Phi) is 3.84. The van der Waals surface area contributed by atoms with E-state index in [9.17, 15) is 4.79 Å². The fourth-order valence-corrected chi connectivity index (χ4v) is 2.32. The highest BCUT2D eigenvalue weighted by Gasteiger charge is 2.38. The first kappa shape index (κ1) is 12.6. The Morgan fingerprint density at radius 1 is 1.41 bits per heavy atom. The SMILES string of the molecule is COC1(CC(=O)Nc2ccc(Br)cc2)CCC1. The zero-order chi connectivity index (χ0) is 12.3. The lowest BCUT2D eigenvalue weighted by molar-refractivity contribution is -0.129. The molecule has 1 aliphatic carbocycles. The molecule has 2 rings (SSSR count). The maximum atomic E-state index is 11.9. The first-order chi connectivity index (χ1) is 8.13. The van der Waals surface area contributed by atoms with Crippen LogP contribution >= 0.6 is 15.9 Å².